The maximum atomic E-state index is 12.7. The van der Waals surface area contributed by atoms with Gasteiger partial charge in [-0.15, -0.1) is 59.5 Å². The summed E-state index contributed by atoms with van der Waals surface area (Å²) in [4.78, 5) is 9.36. The van der Waals surface area contributed by atoms with Crippen molar-refractivity contribution >= 4 is 72.2 Å². The number of nitrogens with zero attached hydrogens (tertiary/aromatic N) is 3. The molecule has 345 valence electrons. The molecule has 0 saturated heterocycles. The maximum Gasteiger partial charge on any atom is 0.260 e. The summed E-state index contributed by atoms with van der Waals surface area (Å²) in [5.41, 5.74) is 16.5. The fourth-order valence-corrected chi connectivity index (χ4v) is 10.1. The van der Waals surface area contributed by atoms with Gasteiger partial charge in [0.2, 0.25) is 0 Å². The standard InChI is InChI=1S/C49H38BN2O2.C13H11FN.Ir/c1-48(2,3)31-17-21-42-37(26-31)50-38-27-32(49(4,5)6)18-22-43(38)54-46-33-19-15-28(23-30(33)25-44(53-42)45(46)50)29-16-20-35-34-11-7-8-12-36(34)47-51-39-13-9-10-14-40(39)52(47)41(35)24-29;1-9-7-13(15-8-10(9)2)11-3-5-12(14)6-4-11;/h7-11,13-27H,1-6H3;3,5-8H,1-2H3;/q2*-1;. The van der Waals surface area contributed by atoms with Crippen molar-refractivity contribution in [2.45, 2.75) is 66.2 Å². The molecule has 0 spiro atoms. The number of pyridine rings is 2. The van der Waals surface area contributed by atoms with Gasteiger partial charge in [-0.25, -0.2) is 0 Å². The summed E-state index contributed by atoms with van der Waals surface area (Å²) < 4.78 is 28.8. The summed E-state index contributed by atoms with van der Waals surface area (Å²) in [6.07, 6.45) is 1.82. The predicted molar refractivity (Wildman–Crippen MR) is 283 cm³/mol. The molecule has 8 aromatic carbocycles. The quantitative estimate of drug-likeness (QED) is 0.0983. The average molecular weight is 1090 g/mol. The fraction of sp³-hybridized carbons (Fsp3) is 0.161. The summed E-state index contributed by atoms with van der Waals surface area (Å²) in [5, 5.41) is 5.52. The molecule has 5 heterocycles. The number of benzene rings is 8. The molecule has 8 heteroatoms. The van der Waals surface area contributed by atoms with Crippen LogP contribution in [0.2, 0.25) is 0 Å². The summed E-state index contributed by atoms with van der Waals surface area (Å²) in [7, 11) is 0. The second-order valence-corrected chi connectivity index (χ2v) is 20.7. The second-order valence-electron chi connectivity index (χ2n) is 20.7. The van der Waals surface area contributed by atoms with Crippen LogP contribution in [0.4, 0.5) is 4.39 Å². The molecule has 5 nitrogen and oxygen atoms in total. The van der Waals surface area contributed by atoms with E-state index in [1.54, 1.807) is 6.07 Å². The Morgan fingerprint density at radius 1 is 0.614 bits per heavy atom. The van der Waals surface area contributed by atoms with Gasteiger partial charge in [0.25, 0.3) is 6.71 Å². The first kappa shape index (κ1) is 45.3. The molecule has 0 unspecified atom stereocenters. The molecule has 70 heavy (non-hydrogen) atoms. The molecule has 0 amide bonds. The maximum absolute atomic E-state index is 12.7. The number of hydrogen-bond donors (Lipinski definition) is 0. The Morgan fingerprint density at radius 2 is 1.31 bits per heavy atom. The zero-order valence-corrected chi connectivity index (χ0v) is 42.8. The first-order valence-corrected chi connectivity index (χ1v) is 23.7. The number of fused-ring (bicyclic) bond motifs is 14. The van der Waals surface area contributed by atoms with Crippen molar-refractivity contribution in [3.63, 3.8) is 0 Å². The van der Waals surface area contributed by atoms with Crippen LogP contribution in [0.5, 0.6) is 23.0 Å². The van der Waals surface area contributed by atoms with Gasteiger partial charge in [-0.2, -0.15) is 0 Å². The van der Waals surface area contributed by atoms with Crippen LogP contribution in [-0.2, 0) is 30.9 Å². The monoisotopic (exact) mass is 1090 g/mol. The van der Waals surface area contributed by atoms with Crippen molar-refractivity contribution in [2.75, 3.05) is 0 Å². The summed E-state index contributed by atoms with van der Waals surface area (Å²) >= 11 is 0. The van der Waals surface area contributed by atoms with Gasteiger partial charge >= 0.3 is 0 Å². The van der Waals surface area contributed by atoms with Crippen molar-refractivity contribution in [3.05, 3.63) is 192 Å². The van der Waals surface area contributed by atoms with Crippen molar-refractivity contribution < 1.29 is 34.0 Å². The SMILES string of the molecule is CC(C)(C)c1ccc2c(c1)B1c3cc(C(C)(C)C)ccc3Oc3c1c(cc1cc(-c4ccc5c6ccc[c-]c6c6nc7ccccc7n6c5c4)ccc31)O2.Cc1cnc(-c2[c-]cc(F)cc2)cc1C.[Ir]. The van der Waals surface area contributed by atoms with Crippen LogP contribution in [0.15, 0.2) is 152 Å². The molecular formula is C62H49BFIrN3O2-2. The topological polar surface area (TPSA) is 48.7 Å². The van der Waals surface area contributed by atoms with Gasteiger partial charge < -0.3 is 18.9 Å². The minimum atomic E-state index is -0.275. The van der Waals surface area contributed by atoms with E-state index >= 15 is 0 Å². The van der Waals surface area contributed by atoms with Gasteiger partial charge in [0.05, 0.1) is 16.7 Å². The smallest absolute Gasteiger partial charge is 0.260 e. The Kier molecular flexibility index (Phi) is 10.9. The third kappa shape index (κ3) is 7.57. The van der Waals surface area contributed by atoms with Gasteiger partial charge in [-0.05, 0) is 122 Å². The summed E-state index contributed by atoms with van der Waals surface area (Å²) in [5.74, 6) is 3.28. The molecular weight excluding hydrogens is 1040 g/mol. The number of para-hydroxylation sites is 2. The fourth-order valence-electron chi connectivity index (χ4n) is 10.1. The minimum Gasteiger partial charge on any atom is -0.458 e. The van der Waals surface area contributed by atoms with Crippen LogP contribution in [0, 0.1) is 31.8 Å². The van der Waals surface area contributed by atoms with Crippen molar-refractivity contribution in [3.8, 4) is 45.4 Å². The number of imidazole rings is 1. The molecule has 2 aliphatic rings. The molecule has 0 fully saturated rings. The zero-order chi connectivity index (χ0) is 47.5. The first-order chi connectivity index (χ1) is 33.2. The largest absolute Gasteiger partial charge is 0.458 e. The van der Waals surface area contributed by atoms with Crippen LogP contribution in [0.1, 0.15) is 63.8 Å². The molecule has 13 rings (SSSR count). The number of ether oxygens (including phenoxy) is 2. The number of aromatic nitrogens is 3. The number of halogens is 1. The number of hydrogen-bond acceptors (Lipinski definition) is 4. The molecule has 0 bridgehead atoms. The van der Waals surface area contributed by atoms with Gasteiger partial charge in [-0.1, -0.05) is 119 Å². The van der Waals surface area contributed by atoms with E-state index in [1.165, 1.54) is 45.1 Å². The summed E-state index contributed by atoms with van der Waals surface area (Å²) in [6, 6.07) is 56.6. The molecule has 2 aliphatic heterocycles. The Balaban J connectivity index is 0.000000286. The van der Waals surface area contributed by atoms with E-state index in [0.717, 1.165) is 100 Å². The minimum absolute atomic E-state index is 0. The van der Waals surface area contributed by atoms with E-state index < -0.39 is 0 Å². The molecule has 0 N–H and O–H groups in total. The Morgan fingerprint density at radius 3 is 2.01 bits per heavy atom. The number of rotatable bonds is 2. The molecule has 0 saturated carbocycles. The van der Waals surface area contributed by atoms with E-state index in [4.69, 9.17) is 14.5 Å². The molecule has 0 atom stereocenters. The van der Waals surface area contributed by atoms with Crippen molar-refractivity contribution in [1.29, 1.82) is 0 Å². The van der Waals surface area contributed by atoms with Crippen molar-refractivity contribution in [2.24, 2.45) is 0 Å². The van der Waals surface area contributed by atoms with E-state index in [2.05, 4.69) is 178 Å². The summed E-state index contributed by atoms with van der Waals surface area (Å²) in [6.45, 7) is 17.7. The van der Waals surface area contributed by atoms with Crippen LogP contribution < -0.4 is 25.9 Å². The Labute approximate surface area is 421 Å². The van der Waals surface area contributed by atoms with E-state index in [0.29, 0.717) is 0 Å². The molecule has 0 aliphatic carbocycles. The van der Waals surface area contributed by atoms with Gasteiger partial charge in [0.1, 0.15) is 23.0 Å². The van der Waals surface area contributed by atoms with Gasteiger partial charge in [-0.3, -0.25) is 9.37 Å². The van der Waals surface area contributed by atoms with E-state index in [-0.39, 0.29) is 43.5 Å². The van der Waals surface area contributed by atoms with E-state index in [9.17, 15) is 4.39 Å². The Bertz CT molecular complexity index is 3900. The molecule has 11 aromatic rings. The van der Waals surface area contributed by atoms with Crippen LogP contribution >= 0.6 is 0 Å². The number of aryl methyl sites for hydroxylation is 2. The van der Waals surface area contributed by atoms with E-state index in [1.807, 2.05) is 32.2 Å². The molecule has 3 aromatic heterocycles. The van der Waals surface area contributed by atoms with Crippen LogP contribution in [0.25, 0.3) is 71.5 Å². The van der Waals surface area contributed by atoms with Crippen LogP contribution in [-0.4, -0.2) is 21.1 Å². The van der Waals surface area contributed by atoms with Gasteiger partial charge in [0, 0.05) is 48.5 Å². The predicted octanol–water partition coefficient (Wildman–Crippen LogP) is 14.0. The normalized spacial score (nSPS) is 12.7. The Hall–Kier alpha value is -7.12. The zero-order valence-electron chi connectivity index (χ0n) is 40.4. The second kappa shape index (κ2) is 16.8. The first-order valence-electron chi connectivity index (χ1n) is 23.7. The average Bonchev–Trinajstić information content (AvgIpc) is 3.74. The third-order valence-corrected chi connectivity index (χ3v) is 14.1. The van der Waals surface area contributed by atoms with Crippen molar-refractivity contribution in [1.82, 2.24) is 14.4 Å². The molecule has 1 radical (unpaired) electrons. The third-order valence-electron chi connectivity index (χ3n) is 14.1. The van der Waals surface area contributed by atoms with Gasteiger partial charge in [0.15, 0.2) is 0 Å². The van der Waals surface area contributed by atoms with Crippen LogP contribution in [0.3, 0.4) is 0 Å².